The lowest BCUT2D eigenvalue weighted by atomic mass is 10.2. The van der Waals surface area contributed by atoms with Gasteiger partial charge in [-0.15, -0.1) is 0 Å². The number of amides is 1. The summed E-state index contributed by atoms with van der Waals surface area (Å²) in [6.45, 7) is 1.85. The standard InChI is InChI=1S/C19H18N4O4S/c1-12-6-8-20-19(21-12)27-15-3-5-16-13(10-15)2-4-17(23-16)18(24)22-14-7-9-28(25,26)11-14/h2-6,8,10,14H,7,9,11H2,1H3,(H,22,24). The monoisotopic (exact) mass is 398 g/mol. The molecule has 9 heteroatoms. The van der Waals surface area contributed by atoms with E-state index in [1.54, 1.807) is 42.6 Å². The number of benzene rings is 1. The number of pyridine rings is 1. The van der Waals surface area contributed by atoms with Crippen LogP contribution in [0.3, 0.4) is 0 Å². The molecule has 0 bridgehead atoms. The van der Waals surface area contributed by atoms with Crippen molar-refractivity contribution in [1.29, 1.82) is 0 Å². The molecule has 1 fully saturated rings. The number of aryl methyl sites for hydroxylation is 1. The van der Waals surface area contributed by atoms with Gasteiger partial charge in [-0.2, -0.15) is 0 Å². The molecule has 3 heterocycles. The second-order valence-corrected chi connectivity index (χ2v) is 8.94. The van der Waals surface area contributed by atoms with Crippen LogP contribution in [0.15, 0.2) is 42.6 Å². The third-order valence-electron chi connectivity index (χ3n) is 4.44. The number of hydrogen-bond donors (Lipinski definition) is 1. The largest absolute Gasteiger partial charge is 0.424 e. The summed E-state index contributed by atoms with van der Waals surface area (Å²) in [6, 6.07) is 10.3. The van der Waals surface area contributed by atoms with Gasteiger partial charge in [0.15, 0.2) is 9.84 Å². The van der Waals surface area contributed by atoms with E-state index in [1.807, 2.05) is 6.92 Å². The van der Waals surface area contributed by atoms with Crippen molar-refractivity contribution in [2.24, 2.45) is 0 Å². The van der Waals surface area contributed by atoms with Gasteiger partial charge in [0.25, 0.3) is 5.91 Å². The first kappa shape index (κ1) is 18.3. The van der Waals surface area contributed by atoms with E-state index in [2.05, 4.69) is 20.3 Å². The van der Waals surface area contributed by atoms with E-state index in [1.165, 1.54) is 0 Å². The Morgan fingerprint density at radius 2 is 2.04 bits per heavy atom. The lowest BCUT2D eigenvalue weighted by Crippen LogP contribution is -2.36. The molecule has 8 nitrogen and oxygen atoms in total. The molecule has 2 aromatic heterocycles. The number of nitrogens with zero attached hydrogens (tertiary/aromatic N) is 3. The first-order valence-corrected chi connectivity index (χ1v) is 10.6. The Bertz CT molecular complexity index is 1160. The molecule has 4 rings (SSSR count). The molecule has 1 aromatic carbocycles. The van der Waals surface area contributed by atoms with Crippen molar-refractivity contribution in [3.8, 4) is 11.8 Å². The number of sulfone groups is 1. The summed E-state index contributed by atoms with van der Waals surface area (Å²) >= 11 is 0. The smallest absolute Gasteiger partial charge is 0.322 e. The van der Waals surface area contributed by atoms with Gasteiger partial charge in [-0.25, -0.2) is 23.4 Å². The number of ether oxygens (including phenoxy) is 1. The second-order valence-electron chi connectivity index (χ2n) is 6.71. The maximum Gasteiger partial charge on any atom is 0.322 e. The minimum atomic E-state index is -3.05. The minimum absolute atomic E-state index is 0.0198. The predicted molar refractivity (Wildman–Crippen MR) is 103 cm³/mol. The Hall–Kier alpha value is -3.07. The van der Waals surface area contributed by atoms with Gasteiger partial charge in [-0.05, 0) is 43.7 Å². The molecule has 1 unspecified atom stereocenters. The van der Waals surface area contributed by atoms with Crippen molar-refractivity contribution in [2.45, 2.75) is 19.4 Å². The Morgan fingerprint density at radius 3 is 2.79 bits per heavy atom. The van der Waals surface area contributed by atoms with Gasteiger partial charge in [0.05, 0.1) is 17.0 Å². The van der Waals surface area contributed by atoms with Gasteiger partial charge in [0.2, 0.25) is 0 Å². The van der Waals surface area contributed by atoms with E-state index in [0.717, 1.165) is 11.1 Å². The van der Waals surface area contributed by atoms with Crippen LogP contribution >= 0.6 is 0 Å². The highest BCUT2D eigenvalue weighted by Crippen LogP contribution is 2.23. The van der Waals surface area contributed by atoms with Crippen molar-refractivity contribution in [1.82, 2.24) is 20.3 Å². The van der Waals surface area contributed by atoms with Gasteiger partial charge >= 0.3 is 6.01 Å². The topological polar surface area (TPSA) is 111 Å². The number of carbonyl (C=O) groups excluding carboxylic acids is 1. The van der Waals surface area contributed by atoms with E-state index in [9.17, 15) is 13.2 Å². The highest BCUT2D eigenvalue weighted by molar-refractivity contribution is 7.91. The third-order valence-corrected chi connectivity index (χ3v) is 6.21. The average molecular weight is 398 g/mol. The SMILES string of the molecule is Cc1ccnc(Oc2ccc3nc(C(=O)NC4CCS(=O)(=O)C4)ccc3c2)n1. The van der Waals surface area contributed by atoms with E-state index in [0.29, 0.717) is 17.7 Å². The zero-order valence-corrected chi connectivity index (χ0v) is 15.9. The first-order chi connectivity index (χ1) is 13.4. The summed E-state index contributed by atoms with van der Waals surface area (Å²) in [5.41, 5.74) is 1.68. The Kier molecular flexibility index (Phi) is 4.68. The summed E-state index contributed by atoms with van der Waals surface area (Å²) in [5, 5.41) is 3.54. The molecular weight excluding hydrogens is 380 g/mol. The van der Waals surface area contributed by atoms with Crippen molar-refractivity contribution < 1.29 is 17.9 Å². The lowest BCUT2D eigenvalue weighted by Gasteiger charge is -2.11. The van der Waals surface area contributed by atoms with Crippen molar-refractivity contribution in [2.75, 3.05) is 11.5 Å². The van der Waals surface area contributed by atoms with Crippen LogP contribution in [0.1, 0.15) is 22.6 Å². The van der Waals surface area contributed by atoms with E-state index >= 15 is 0 Å². The summed E-state index contributed by atoms with van der Waals surface area (Å²) in [4.78, 5) is 25.0. The fraction of sp³-hybridized carbons (Fsp3) is 0.263. The number of fused-ring (bicyclic) bond motifs is 1. The Morgan fingerprint density at radius 1 is 1.18 bits per heavy atom. The maximum atomic E-state index is 12.4. The van der Waals surface area contributed by atoms with E-state index in [4.69, 9.17) is 4.74 Å². The Balaban J connectivity index is 1.51. The van der Waals surface area contributed by atoms with Crippen molar-refractivity contribution in [3.05, 3.63) is 54.0 Å². The summed E-state index contributed by atoms with van der Waals surface area (Å²) in [6.07, 6.45) is 2.06. The van der Waals surface area contributed by atoms with Crippen LogP contribution in [-0.4, -0.2) is 46.8 Å². The third kappa shape index (κ3) is 4.09. The fourth-order valence-electron chi connectivity index (χ4n) is 3.04. The molecule has 1 atom stereocenters. The van der Waals surface area contributed by atoms with Gasteiger partial charge in [0, 0.05) is 23.3 Å². The van der Waals surface area contributed by atoms with Crippen molar-refractivity contribution >= 4 is 26.6 Å². The molecular formula is C19H18N4O4S. The quantitative estimate of drug-likeness (QED) is 0.716. The number of carbonyl (C=O) groups is 1. The number of rotatable bonds is 4. The molecule has 3 aromatic rings. The van der Waals surface area contributed by atoms with Crippen LogP contribution in [0.25, 0.3) is 10.9 Å². The van der Waals surface area contributed by atoms with Gasteiger partial charge in [-0.3, -0.25) is 4.79 Å². The molecule has 1 N–H and O–H groups in total. The van der Waals surface area contributed by atoms with Crippen LogP contribution in [0, 0.1) is 6.92 Å². The highest BCUT2D eigenvalue weighted by Gasteiger charge is 2.29. The maximum absolute atomic E-state index is 12.4. The molecule has 144 valence electrons. The number of hydrogen-bond acceptors (Lipinski definition) is 7. The predicted octanol–water partition coefficient (Wildman–Crippen LogP) is 2.04. The van der Waals surface area contributed by atoms with Crippen LogP contribution in [-0.2, 0) is 9.84 Å². The molecule has 1 saturated heterocycles. The lowest BCUT2D eigenvalue weighted by molar-refractivity contribution is 0.0936. The first-order valence-electron chi connectivity index (χ1n) is 8.78. The molecule has 0 aliphatic carbocycles. The Labute approximate surface area is 161 Å². The van der Waals surface area contributed by atoms with E-state index < -0.39 is 9.84 Å². The minimum Gasteiger partial charge on any atom is -0.424 e. The average Bonchev–Trinajstić information content (AvgIpc) is 2.99. The molecule has 0 saturated carbocycles. The fourth-order valence-corrected chi connectivity index (χ4v) is 4.72. The second kappa shape index (κ2) is 7.16. The number of nitrogens with one attached hydrogen (secondary N) is 1. The molecule has 28 heavy (non-hydrogen) atoms. The molecule has 1 aliphatic rings. The van der Waals surface area contributed by atoms with Gasteiger partial charge in [0.1, 0.15) is 11.4 Å². The summed E-state index contributed by atoms with van der Waals surface area (Å²) < 4.78 is 28.7. The van der Waals surface area contributed by atoms with Crippen LogP contribution in [0.5, 0.6) is 11.8 Å². The normalized spacial score (nSPS) is 18.1. The highest BCUT2D eigenvalue weighted by atomic mass is 32.2. The summed E-state index contributed by atoms with van der Waals surface area (Å²) in [7, 11) is -3.05. The summed E-state index contributed by atoms with van der Waals surface area (Å²) in [5.74, 6) is 0.274. The molecule has 1 amide bonds. The van der Waals surface area contributed by atoms with E-state index in [-0.39, 0.29) is 35.2 Å². The number of aromatic nitrogens is 3. The van der Waals surface area contributed by atoms with Crippen LogP contribution in [0.2, 0.25) is 0 Å². The zero-order chi connectivity index (χ0) is 19.7. The van der Waals surface area contributed by atoms with Crippen molar-refractivity contribution in [3.63, 3.8) is 0 Å². The molecule has 1 aliphatic heterocycles. The van der Waals surface area contributed by atoms with Gasteiger partial charge in [-0.1, -0.05) is 6.07 Å². The molecule has 0 radical (unpaired) electrons. The molecule has 0 spiro atoms. The van der Waals surface area contributed by atoms with Crippen LogP contribution < -0.4 is 10.1 Å². The van der Waals surface area contributed by atoms with Crippen LogP contribution in [0.4, 0.5) is 0 Å². The zero-order valence-electron chi connectivity index (χ0n) is 15.1. The van der Waals surface area contributed by atoms with Gasteiger partial charge < -0.3 is 10.1 Å².